The molecule has 0 spiro atoms. The molecule has 106 valence electrons. The van der Waals surface area contributed by atoms with Crippen LogP contribution >= 0.6 is 15.9 Å². The van der Waals surface area contributed by atoms with E-state index in [1.807, 2.05) is 36.4 Å². The van der Waals surface area contributed by atoms with Gasteiger partial charge in [0.2, 0.25) is 10.0 Å². The summed E-state index contributed by atoms with van der Waals surface area (Å²) < 4.78 is 27.7. The molecule has 0 heterocycles. The summed E-state index contributed by atoms with van der Waals surface area (Å²) in [6.45, 7) is 1.79. The molecule has 2 aromatic rings. The average Bonchev–Trinajstić information content (AvgIpc) is 2.46. The molecular formula is C15H16BrNO2S. The van der Waals surface area contributed by atoms with Crippen molar-refractivity contribution in [1.29, 1.82) is 0 Å². The smallest absolute Gasteiger partial charge is 0.207 e. The van der Waals surface area contributed by atoms with Gasteiger partial charge in [-0.3, -0.25) is 0 Å². The molecule has 0 saturated carbocycles. The standard InChI is InChI=1S/C15H16BrNO2S/c1-12-7-5-6-10-15(12)20(18,19)17-14(11-16)13-8-3-2-4-9-13/h2-10,14,17H,11H2,1H3. The van der Waals surface area contributed by atoms with Crippen LogP contribution in [0.5, 0.6) is 0 Å². The first-order valence-corrected chi connectivity index (χ1v) is 8.84. The lowest BCUT2D eigenvalue weighted by molar-refractivity contribution is 0.568. The third kappa shape index (κ3) is 3.48. The first-order valence-electron chi connectivity index (χ1n) is 6.23. The number of hydrogen-bond donors (Lipinski definition) is 1. The highest BCUT2D eigenvalue weighted by Gasteiger charge is 2.21. The summed E-state index contributed by atoms with van der Waals surface area (Å²) in [6.07, 6.45) is 0. The van der Waals surface area contributed by atoms with Crippen molar-refractivity contribution in [2.24, 2.45) is 0 Å². The maximum Gasteiger partial charge on any atom is 0.241 e. The monoisotopic (exact) mass is 353 g/mol. The van der Waals surface area contributed by atoms with Gasteiger partial charge in [-0.1, -0.05) is 64.5 Å². The third-order valence-electron chi connectivity index (χ3n) is 3.04. The summed E-state index contributed by atoms with van der Waals surface area (Å²) in [5, 5.41) is 0.516. The summed E-state index contributed by atoms with van der Waals surface area (Å²) in [6, 6.07) is 16.2. The maximum atomic E-state index is 12.5. The van der Waals surface area contributed by atoms with Gasteiger partial charge in [0.1, 0.15) is 0 Å². The zero-order valence-corrected chi connectivity index (χ0v) is 13.5. The van der Waals surface area contributed by atoms with Crippen LogP contribution in [-0.4, -0.2) is 13.7 Å². The first kappa shape index (κ1) is 15.2. The fourth-order valence-corrected chi connectivity index (χ4v) is 4.20. The van der Waals surface area contributed by atoms with Crippen molar-refractivity contribution in [3.63, 3.8) is 0 Å². The molecule has 0 bridgehead atoms. The second kappa shape index (κ2) is 6.52. The SMILES string of the molecule is Cc1ccccc1S(=O)(=O)NC(CBr)c1ccccc1. The zero-order chi connectivity index (χ0) is 14.6. The lowest BCUT2D eigenvalue weighted by Gasteiger charge is -2.17. The lowest BCUT2D eigenvalue weighted by Crippen LogP contribution is -2.30. The molecular weight excluding hydrogens is 338 g/mol. The maximum absolute atomic E-state index is 12.5. The summed E-state index contributed by atoms with van der Waals surface area (Å²) in [5.41, 5.74) is 1.67. The van der Waals surface area contributed by atoms with Gasteiger partial charge >= 0.3 is 0 Å². The Hall–Kier alpha value is -1.17. The molecule has 0 fully saturated rings. The molecule has 1 N–H and O–H groups in total. The molecule has 0 aromatic heterocycles. The van der Waals surface area contributed by atoms with Crippen LogP contribution in [0.2, 0.25) is 0 Å². The van der Waals surface area contributed by atoms with Crippen molar-refractivity contribution < 1.29 is 8.42 Å². The zero-order valence-electron chi connectivity index (χ0n) is 11.1. The quantitative estimate of drug-likeness (QED) is 0.837. The number of sulfonamides is 1. The Balaban J connectivity index is 2.30. The number of halogens is 1. The largest absolute Gasteiger partial charge is 0.241 e. The Morgan fingerprint density at radius 2 is 1.65 bits per heavy atom. The van der Waals surface area contributed by atoms with Gasteiger partial charge in [0.15, 0.2) is 0 Å². The second-order valence-corrected chi connectivity index (χ2v) is 6.83. The number of benzene rings is 2. The highest BCUT2D eigenvalue weighted by atomic mass is 79.9. The molecule has 1 atom stereocenters. The van der Waals surface area contributed by atoms with Crippen molar-refractivity contribution >= 4 is 26.0 Å². The van der Waals surface area contributed by atoms with Crippen LogP contribution in [0.25, 0.3) is 0 Å². The molecule has 0 saturated heterocycles. The van der Waals surface area contributed by atoms with Crippen LogP contribution in [0.4, 0.5) is 0 Å². The van der Waals surface area contributed by atoms with E-state index in [9.17, 15) is 8.42 Å². The number of rotatable bonds is 5. The molecule has 2 aromatic carbocycles. The van der Waals surface area contributed by atoms with E-state index in [1.54, 1.807) is 25.1 Å². The minimum Gasteiger partial charge on any atom is -0.207 e. The second-order valence-electron chi connectivity index (χ2n) is 4.50. The van der Waals surface area contributed by atoms with E-state index in [4.69, 9.17) is 0 Å². The molecule has 0 aliphatic heterocycles. The van der Waals surface area contributed by atoms with Crippen LogP contribution in [-0.2, 0) is 10.0 Å². The van der Waals surface area contributed by atoms with E-state index in [0.29, 0.717) is 10.2 Å². The van der Waals surface area contributed by atoms with Gasteiger partial charge in [-0.2, -0.15) is 0 Å². The predicted octanol–water partition coefficient (Wildman–Crippen LogP) is 3.41. The minimum atomic E-state index is -3.53. The fourth-order valence-electron chi connectivity index (χ4n) is 1.98. The number of aryl methyl sites for hydroxylation is 1. The molecule has 0 amide bonds. The summed E-state index contributed by atoms with van der Waals surface area (Å²) in [4.78, 5) is 0.321. The van der Waals surface area contributed by atoms with Crippen molar-refractivity contribution in [2.75, 3.05) is 5.33 Å². The van der Waals surface area contributed by atoms with Gasteiger partial charge in [0.05, 0.1) is 10.9 Å². The average molecular weight is 354 g/mol. The third-order valence-corrected chi connectivity index (χ3v) is 5.32. The summed E-state index contributed by atoms with van der Waals surface area (Å²) in [7, 11) is -3.53. The van der Waals surface area contributed by atoms with Crippen LogP contribution in [0.3, 0.4) is 0 Å². The van der Waals surface area contributed by atoms with Crippen LogP contribution < -0.4 is 4.72 Å². The molecule has 3 nitrogen and oxygen atoms in total. The number of nitrogens with one attached hydrogen (secondary N) is 1. The van der Waals surface area contributed by atoms with Gasteiger partial charge in [0.25, 0.3) is 0 Å². The summed E-state index contributed by atoms with van der Waals surface area (Å²) in [5.74, 6) is 0. The van der Waals surface area contributed by atoms with Crippen molar-refractivity contribution in [2.45, 2.75) is 17.9 Å². The highest BCUT2D eigenvalue weighted by Crippen LogP contribution is 2.20. The molecule has 20 heavy (non-hydrogen) atoms. The summed E-state index contributed by atoms with van der Waals surface area (Å²) >= 11 is 3.37. The molecule has 5 heteroatoms. The van der Waals surface area contributed by atoms with Gasteiger partial charge in [-0.15, -0.1) is 0 Å². The lowest BCUT2D eigenvalue weighted by atomic mass is 10.1. The van der Waals surface area contributed by atoms with E-state index in [1.165, 1.54) is 0 Å². The Labute approximate surface area is 128 Å². The van der Waals surface area contributed by atoms with E-state index < -0.39 is 10.0 Å². The molecule has 1 unspecified atom stereocenters. The van der Waals surface area contributed by atoms with Crippen molar-refractivity contribution in [1.82, 2.24) is 4.72 Å². The van der Waals surface area contributed by atoms with E-state index in [0.717, 1.165) is 11.1 Å². The van der Waals surface area contributed by atoms with Crippen LogP contribution in [0.1, 0.15) is 17.2 Å². The topological polar surface area (TPSA) is 46.2 Å². The van der Waals surface area contributed by atoms with E-state index in [-0.39, 0.29) is 6.04 Å². The normalized spacial score (nSPS) is 13.1. The Kier molecular flexibility index (Phi) is 4.96. The molecule has 2 rings (SSSR count). The van der Waals surface area contributed by atoms with Gasteiger partial charge < -0.3 is 0 Å². The first-order chi connectivity index (χ1) is 9.54. The van der Waals surface area contributed by atoms with Crippen molar-refractivity contribution in [3.05, 3.63) is 65.7 Å². The minimum absolute atomic E-state index is 0.291. The van der Waals surface area contributed by atoms with Gasteiger partial charge in [-0.05, 0) is 24.1 Å². The Bertz CT molecular complexity index is 671. The molecule has 0 radical (unpaired) electrons. The van der Waals surface area contributed by atoms with Gasteiger partial charge in [-0.25, -0.2) is 13.1 Å². The van der Waals surface area contributed by atoms with Gasteiger partial charge in [0, 0.05) is 5.33 Å². The van der Waals surface area contributed by atoms with Crippen molar-refractivity contribution in [3.8, 4) is 0 Å². The fraction of sp³-hybridized carbons (Fsp3) is 0.200. The van der Waals surface area contributed by atoms with E-state index in [2.05, 4.69) is 20.7 Å². The predicted molar refractivity (Wildman–Crippen MR) is 84.5 cm³/mol. The number of alkyl halides is 1. The molecule has 0 aliphatic carbocycles. The van der Waals surface area contributed by atoms with Crippen LogP contribution in [0, 0.1) is 6.92 Å². The Morgan fingerprint density at radius 1 is 1.05 bits per heavy atom. The highest BCUT2D eigenvalue weighted by molar-refractivity contribution is 9.09. The number of hydrogen-bond acceptors (Lipinski definition) is 2. The van der Waals surface area contributed by atoms with E-state index >= 15 is 0 Å². The van der Waals surface area contributed by atoms with Crippen LogP contribution in [0.15, 0.2) is 59.5 Å². The molecule has 0 aliphatic rings. The Morgan fingerprint density at radius 3 is 2.25 bits per heavy atom.